The van der Waals surface area contributed by atoms with Crippen molar-refractivity contribution in [1.29, 1.82) is 0 Å². The van der Waals surface area contributed by atoms with Gasteiger partial charge in [-0.25, -0.2) is 0 Å². The number of amides is 1. The SMILES string of the molecule is CCCCCCCC/C=C\CCCCCCCCCC(=O)NC(CS(=O)(=O)O)C(O)/C=C/CC/C=C/CCCCCCCCCCC. The van der Waals surface area contributed by atoms with E-state index in [2.05, 4.69) is 43.5 Å². The molecule has 2 unspecified atom stereocenters. The Morgan fingerprint density at radius 2 is 0.915 bits per heavy atom. The van der Waals surface area contributed by atoms with Crippen molar-refractivity contribution in [2.45, 2.75) is 206 Å². The van der Waals surface area contributed by atoms with E-state index in [-0.39, 0.29) is 12.3 Å². The van der Waals surface area contributed by atoms with E-state index in [4.69, 9.17) is 0 Å². The van der Waals surface area contributed by atoms with Crippen molar-refractivity contribution in [3.8, 4) is 0 Å². The van der Waals surface area contributed by atoms with Crippen LogP contribution < -0.4 is 5.32 Å². The summed E-state index contributed by atoms with van der Waals surface area (Å²) in [5.41, 5.74) is 0. The summed E-state index contributed by atoms with van der Waals surface area (Å²) in [5.74, 6) is -1.00. The highest BCUT2D eigenvalue weighted by atomic mass is 32.2. The zero-order valence-corrected chi connectivity index (χ0v) is 31.5. The molecule has 0 fully saturated rings. The molecule has 0 aromatic carbocycles. The molecule has 0 bridgehead atoms. The van der Waals surface area contributed by atoms with Gasteiger partial charge in [-0.3, -0.25) is 9.35 Å². The van der Waals surface area contributed by atoms with E-state index in [0.717, 1.165) is 44.9 Å². The summed E-state index contributed by atoms with van der Waals surface area (Å²) in [6, 6.07) is -1.07. The number of allylic oxidation sites excluding steroid dienone is 5. The summed E-state index contributed by atoms with van der Waals surface area (Å²) in [6.45, 7) is 4.51. The van der Waals surface area contributed by atoms with Crippen molar-refractivity contribution >= 4 is 16.0 Å². The summed E-state index contributed by atoms with van der Waals surface area (Å²) in [7, 11) is -4.35. The molecule has 3 N–H and O–H groups in total. The number of nitrogens with one attached hydrogen (secondary N) is 1. The first-order valence-corrected chi connectivity index (χ1v) is 21.3. The van der Waals surface area contributed by atoms with Crippen LogP contribution in [0.4, 0.5) is 0 Å². The first-order valence-electron chi connectivity index (χ1n) is 19.7. The first kappa shape index (κ1) is 45.6. The highest BCUT2D eigenvalue weighted by Crippen LogP contribution is 2.13. The molecule has 0 aliphatic rings. The van der Waals surface area contributed by atoms with Crippen LogP contribution in [0.2, 0.25) is 0 Å². The van der Waals surface area contributed by atoms with E-state index in [0.29, 0.717) is 6.42 Å². The van der Waals surface area contributed by atoms with Crippen molar-refractivity contribution in [2.24, 2.45) is 0 Å². The summed E-state index contributed by atoms with van der Waals surface area (Å²) in [6.07, 6.45) is 44.1. The minimum Gasteiger partial charge on any atom is -0.387 e. The fourth-order valence-corrected chi connectivity index (χ4v) is 6.55. The van der Waals surface area contributed by atoms with Gasteiger partial charge in [-0.2, -0.15) is 8.42 Å². The van der Waals surface area contributed by atoms with Crippen LogP contribution >= 0.6 is 0 Å². The second-order valence-corrected chi connectivity index (χ2v) is 15.0. The van der Waals surface area contributed by atoms with Gasteiger partial charge in [0.2, 0.25) is 5.91 Å². The second kappa shape index (κ2) is 34.4. The van der Waals surface area contributed by atoms with Gasteiger partial charge in [0.1, 0.15) is 0 Å². The molecule has 276 valence electrons. The van der Waals surface area contributed by atoms with Crippen LogP contribution in [0.3, 0.4) is 0 Å². The molecular formula is C40H75NO5S. The Labute approximate surface area is 291 Å². The van der Waals surface area contributed by atoms with E-state index < -0.39 is 28.0 Å². The molecule has 7 heteroatoms. The zero-order chi connectivity index (χ0) is 34.7. The van der Waals surface area contributed by atoms with Crippen LogP contribution in [-0.4, -0.2) is 41.9 Å². The molecule has 0 heterocycles. The molecule has 0 saturated carbocycles. The lowest BCUT2D eigenvalue weighted by Crippen LogP contribution is -2.46. The zero-order valence-electron chi connectivity index (χ0n) is 30.7. The lowest BCUT2D eigenvalue weighted by molar-refractivity contribution is -0.122. The summed E-state index contributed by atoms with van der Waals surface area (Å²) in [5, 5.41) is 13.2. The number of carbonyl (C=O) groups excluding carboxylic acids is 1. The van der Waals surface area contributed by atoms with Gasteiger partial charge in [0.15, 0.2) is 0 Å². The topological polar surface area (TPSA) is 104 Å². The molecule has 1 amide bonds. The average Bonchev–Trinajstić information content (AvgIpc) is 3.03. The molecule has 0 radical (unpaired) electrons. The van der Waals surface area contributed by atoms with Gasteiger partial charge >= 0.3 is 0 Å². The molecular weight excluding hydrogens is 607 g/mol. The lowest BCUT2D eigenvalue weighted by atomic mass is 10.1. The van der Waals surface area contributed by atoms with Crippen LogP contribution in [0.25, 0.3) is 0 Å². The third-order valence-corrected chi connectivity index (χ3v) is 9.57. The van der Waals surface area contributed by atoms with Gasteiger partial charge in [-0.15, -0.1) is 0 Å². The summed E-state index contributed by atoms with van der Waals surface area (Å²) in [4.78, 5) is 12.5. The highest BCUT2D eigenvalue weighted by Gasteiger charge is 2.24. The first-order chi connectivity index (χ1) is 22.8. The predicted octanol–water partition coefficient (Wildman–Crippen LogP) is 11.4. The number of aliphatic hydroxyl groups is 1. The van der Waals surface area contributed by atoms with Gasteiger partial charge in [0.25, 0.3) is 10.1 Å². The quantitative estimate of drug-likeness (QED) is 0.0351. The summed E-state index contributed by atoms with van der Waals surface area (Å²) >= 11 is 0. The summed E-state index contributed by atoms with van der Waals surface area (Å²) < 4.78 is 32.4. The third-order valence-electron chi connectivity index (χ3n) is 8.79. The van der Waals surface area contributed by atoms with E-state index in [9.17, 15) is 22.9 Å². The van der Waals surface area contributed by atoms with Gasteiger partial charge in [0, 0.05) is 6.42 Å². The smallest absolute Gasteiger partial charge is 0.267 e. The normalized spacial score (nSPS) is 13.7. The molecule has 0 saturated heterocycles. The number of rotatable bonds is 35. The predicted molar refractivity (Wildman–Crippen MR) is 202 cm³/mol. The Morgan fingerprint density at radius 3 is 1.34 bits per heavy atom. The number of unbranched alkanes of at least 4 members (excludes halogenated alkanes) is 23. The Kier molecular flexibility index (Phi) is 33.4. The van der Waals surface area contributed by atoms with E-state index in [1.807, 2.05) is 6.08 Å². The third kappa shape index (κ3) is 35.7. The van der Waals surface area contributed by atoms with Crippen molar-refractivity contribution in [3.63, 3.8) is 0 Å². The maximum atomic E-state index is 12.5. The molecule has 6 nitrogen and oxygen atoms in total. The fourth-order valence-electron chi connectivity index (χ4n) is 5.81. The van der Waals surface area contributed by atoms with E-state index in [1.165, 1.54) is 128 Å². The van der Waals surface area contributed by atoms with Gasteiger partial charge < -0.3 is 10.4 Å². The van der Waals surface area contributed by atoms with Gasteiger partial charge in [0.05, 0.1) is 17.9 Å². The Morgan fingerprint density at radius 1 is 0.553 bits per heavy atom. The van der Waals surface area contributed by atoms with Crippen molar-refractivity contribution in [3.05, 3.63) is 36.5 Å². The van der Waals surface area contributed by atoms with Crippen LogP contribution in [0.5, 0.6) is 0 Å². The van der Waals surface area contributed by atoms with Crippen molar-refractivity contribution < 1.29 is 22.9 Å². The fraction of sp³-hybridized carbons (Fsp3) is 0.825. The molecule has 0 aliphatic carbocycles. The van der Waals surface area contributed by atoms with Gasteiger partial charge in [-0.05, 0) is 57.8 Å². The molecule has 47 heavy (non-hydrogen) atoms. The van der Waals surface area contributed by atoms with E-state index in [1.54, 1.807) is 0 Å². The minimum atomic E-state index is -4.35. The standard InChI is InChI=1S/C40H75NO5S/c1-3-5-7-9-11-13-15-17-19-20-22-24-26-28-30-32-34-36-40(43)41-38(37-47(44,45)46)39(42)35-33-31-29-27-25-23-21-18-16-14-12-10-8-6-4-2/h17,19,25,27,33,35,38-39,42H,3-16,18,20-24,26,28-32,34,36-37H2,1-2H3,(H,41,43)(H,44,45,46)/b19-17-,27-25+,35-33+. The monoisotopic (exact) mass is 682 g/mol. The van der Waals surface area contributed by atoms with E-state index >= 15 is 0 Å². The van der Waals surface area contributed by atoms with Crippen LogP contribution in [-0.2, 0) is 14.9 Å². The van der Waals surface area contributed by atoms with Crippen LogP contribution in [0.1, 0.15) is 194 Å². The number of hydrogen-bond acceptors (Lipinski definition) is 4. The number of aliphatic hydroxyl groups excluding tert-OH is 1. The maximum absolute atomic E-state index is 12.5. The molecule has 2 atom stereocenters. The highest BCUT2D eigenvalue weighted by molar-refractivity contribution is 7.85. The van der Waals surface area contributed by atoms with Gasteiger partial charge in [-0.1, -0.05) is 166 Å². The average molecular weight is 682 g/mol. The molecule has 0 aromatic rings. The Hall–Kier alpha value is -1.44. The number of hydrogen-bond donors (Lipinski definition) is 3. The van der Waals surface area contributed by atoms with Crippen molar-refractivity contribution in [1.82, 2.24) is 5.32 Å². The van der Waals surface area contributed by atoms with Crippen LogP contribution in [0.15, 0.2) is 36.5 Å². The minimum absolute atomic E-state index is 0.283. The lowest BCUT2D eigenvalue weighted by Gasteiger charge is -2.21. The maximum Gasteiger partial charge on any atom is 0.267 e. The van der Waals surface area contributed by atoms with Crippen molar-refractivity contribution in [2.75, 3.05) is 5.75 Å². The number of carbonyl (C=O) groups is 1. The van der Waals surface area contributed by atoms with Crippen LogP contribution in [0, 0.1) is 0 Å². The Balaban J connectivity index is 3.99. The molecule has 0 rings (SSSR count). The largest absolute Gasteiger partial charge is 0.387 e. The molecule has 0 spiro atoms. The molecule has 0 aromatic heterocycles. The second-order valence-electron chi connectivity index (χ2n) is 13.5. The Bertz CT molecular complexity index is 883. The molecule has 0 aliphatic heterocycles.